The van der Waals surface area contributed by atoms with E-state index in [-0.39, 0.29) is 0 Å². The van der Waals surface area contributed by atoms with Gasteiger partial charge in [0.1, 0.15) is 17.3 Å². The van der Waals surface area contributed by atoms with Crippen LogP contribution < -0.4 is 4.74 Å². The molecule has 0 N–H and O–H groups in total. The first-order chi connectivity index (χ1) is 14.7. The Morgan fingerprint density at radius 3 is 2.20 bits per heavy atom. The van der Waals surface area contributed by atoms with Gasteiger partial charge in [-0.05, 0) is 67.5 Å². The number of aryl methyl sites for hydroxylation is 1. The minimum Gasteiger partial charge on any atom is -0.489 e. The molecule has 2 nitrogen and oxygen atoms in total. The van der Waals surface area contributed by atoms with Crippen molar-refractivity contribution in [2.24, 2.45) is 5.92 Å². The molecule has 3 heteroatoms. The van der Waals surface area contributed by atoms with Gasteiger partial charge in [-0.15, -0.1) is 0 Å². The Morgan fingerprint density at radius 1 is 0.867 bits per heavy atom. The number of hydrogen-bond acceptors (Lipinski definition) is 2. The Hall–Kier alpha value is -2.65. The maximum atomic E-state index is 5.93. The molecule has 0 spiro atoms. The molecular formula is C27H29NOS. The summed E-state index contributed by atoms with van der Waals surface area (Å²) in [6.07, 6.45) is 3.58. The molecule has 1 aliphatic heterocycles. The van der Waals surface area contributed by atoms with E-state index in [1.807, 2.05) is 12.1 Å². The largest absolute Gasteiger partial charge is 0.489 e. The molecular weight excluding hydrogens is 386 g/mol. The van der Waals surface area contributed by atoms with E-state index in [9.17, 15) is 0 Å². The van der Waals surface area contributed by atoms with E-state index < -0.39 is 0 Å². The number of nitrogens with zero attached hydrogens (tertiary/aromatic N) is 1. The van der Waals surface area contributed by atoms with Gasteiger partial charge in [0.25, 0.3) is 0 Å². The van der Waals surface area contributed by atoms with Crippen LogP contribution >= 0.6 is 12.2 Å². The highest BCUT2D eigenvalue weighted by atomic mass is 32.1. The van der Waals surface area contributed by atoms with Gasteiger partial charge in [0.15, 0.2) is 0 Å². The summed E-state index contributed by atoms with van der Waals surface area (Å²) >= 11 is 5.79. The zero-order valence-electron chi connectivity index (χ0n) is 17.6. The SMILES string of the molecule is Cc1ccc(COc2ccc(C(=S)N3CCC(Cc4ccccc4)CC3)cc2)cc1. The maximum Gasteiger partial charge on any atom is 0.119 e. The van der Waals surface area contributed by atoms with Crippen molar-refractivity contribution in [2.75, 3.05) is 13.1 Å². The van der Waals surface area contributed by atoms with E-state index in [0.29, 0.717) is 6.61 Å². The topological polar surface area (TPSA) is 12.5 Å². The predicted molar refractivity (Wildman–Crippen MR) is 128 cm³/mol. The predicted octanol–water partition coefficient (Wildman–Crippen LogP) is 6.20. The lowest BCUT2D eigenvalue weighted by atomic mass is 9.90. The summed E-state index contributed by atoms with van der Waals surface area (Å²) in [6, 6.07) is 27.5. The Balaban J connectivity index is 1.27. The van der Waals surface area contributed by atoms with Crippen molar-refractivity contribution in [1.82, 2.24) is 4.90 Å². The van der Waals surface area contributed by atoms with Crippen molar-refractivity contribution in [3.63, 3.8) is 0 Å². The molecule has 3 aromatic carbocycles. The highest BCUT2D eigenvalue weighted by molar-refractivity contribution is 7.80. The lowest BCUT2D eigenvalue weighted by molar-refractivity contribution is 0.268. The van der Waals surface area contributed by atoms with Crippen molar-refractivity contribution >= 4 is 17.2 Å². The quantitative estimate of drug-likeness (QED) is 0.445. The monoisotopic (exact) mass is 415 g/mol. The molecule has 30 heavy (non-hydrogen) atoms. The summed E-state index contributed by atoms with van der Waals surface area (Å²) in [7, 11) is 0. The van der Waals surface area contributed by atoms with Crippen molar-refractivity contribution in [2.45, 2.75) is 32.8 Å². The molecule has 0 saturated carbocycles. The molecule has 0 aliphatic carbocycles. The zero-order chi connectivity index (χ0) is 20.8. The Morgan fingerprint density at radius 2 is 1.53 bits per heavy atom. The number of rotatable bonds is 6. The summed E-state index contributed by atoms with van der Waals surface area (Å²) in [5.74, 6) is 1.63. The van der Waals surface area contributed by atoms with Gasteiger partial charge >= 0.3 is 0 Å². The molecule has 1 fully saturated rings. The normalized spacial score (nSPS) is 14.5. The second kappa shape index (κ2) is 9.90. The van der Waals surface area contributed by atoms with Crippen LogP contribution in [0, 0.1) is 12.8 Å². The molecule has 0 unspecified atom stereocenters. The first-order valence-corrected chi connectivity index (χ1v) is 11.2. The van der Waals surface area contributed by atoms with Crippen molar-refractivity contribution < 1.29 is 4.74 Å². The van der Waals surface area contributed by atoms with Gasteiger partial charge in [-0.3, -0.25) is 0 Å². The van der Waals surface area contributed by atoms with Crippen molar-refractivity contribution in [3.05, 3.63) is 101 Å². The van der Waals surface area contributed by atoms with Crippen molar-refractivity contribution in [1.29, 1.82) is 0 Å². The summed E-state index contributed by atoms with van der Waals surface area (Å²) in [5.41, 5.74) is 4.99. The van der Waals surface area contributed by atoms with E-state index in [0.717, 1.165) is 35.3 Å². The zero-order valence-corrected chi connectivity index (χ0v) is 18.4. The number of piperidine rings is 1. The van der Waals surface area contributed by atoms with E-state index in [2.05, 4.69) is 78.6 Å². The standard InChI is InChI=1S/C27H29NOS/c1-21-7-9-24(10-8-21)20-29-26-13-11-25(12-14-26)27(30)28-17-15-23(16-18-28)19-22-5-3-2-4-6-22/h2-14,23H,15-20H2,1H3. The highest BCUT2D eigenvalue weighted by Gasteiger charge is 2.21. The molecule has 0 atom stereocenters. The van der Waals surface area contributed by atoms with Crippen molar-refractivity contribution in [3.8, 4) is 5.75 Å². The van der Waals surface area contributed by atoms with E-state index in [4.69, 9.17) is 17.0 Å². The molecule has 0 radical (unpaired) electrons. The second-order valence-corrected chi connectivity index (χ2v) is 8.61. The van der Waals surface area contributed by atoms with Gasteiger partial charge in [-0.1, -0.05) is 72.4 Å². The minimum atomic E-state index is 0.582. The number of benzene rings is 3. The van der Waals surface area contributed by atoms with Crippen LogP contribution in [0.3, 0.4) is 0 Å². The first-order valence-electron chi connectivity index (χ1n) is 10.8. The van der Waals surface area contributed by atoms with E-state index in [1.54, 1.807) is 0 Å². The maximum absolute atomic E-state index is 5.93. The average Bonchev–Trinajstić information content (AvgIpc) is 2.80. The molecule has 3 aromatic rings. The van der Waals surface area contributed by atoms with E-state index >= 15 is 0 Å². The second-order valence-electron chi connectivity index (χ2n) is 8.22. The molecule has 1 heterocycles. The minimum absolute atomic E-state index is 0.582. The van der Waals surface area contributed by atoms with Crippen LogP contribution in [0.5, 0.6) is 5.75 Å². The highest BCUT2D eigenvalue weighted by Crippen LogP contribution is 2.24. The number of hydrogen-bond donors (Lipinski definition) is 0. The van der Waals surface area contributed by atoms with Crippen LogP contribution in [0.2, 0.25) is 0 Å². The fourth-order valence-electron chi connectivity index (χ4n) is 4.01. The van der Waals surface area contributed by atoms with Gasteiger partial charge in [-0.25, -0.2) is 0 Å². The lowest BCUT2D eigenvalue weighted by Crippen LogP contribution is -2.38. The molecule has 0 bridgehead atoms. The Labute approximate surface area is 185 Å². The smallest absolute Gasteiger partial charge is 0.119 e. The van der Waals surface area contributed by atoms with Gasteiger partial charge in [0.2, 0.25) is 0 Å². The molecule has 4 rings (SSSR count). The lowest BCUT2D eigenvalue weighted by Gasteiger charge is -2.34. The molecule has 1 saturated heterocycles. The van der Waals surface area contributed by atoms with Crippen LogP contribution in [0.4, 0.5) is 0 Å². The van der Waals surface area contributed by atoms with Crippen LogP contribution in [-0.4, -0.2) is 23.0 Å². The van der Waals surface area contributed by atoms with Gasteiger partial charge in [0.05, 0.1) is 0 Å². The van der Waals surface area contributed by atoms with Crippen LogP contribution in [0.15, 0.2) is 78.9 Å². The average molecular weight is 416 g/mol. The third-order valence-corrected chi connectivity index (χ3v) is 6.39. The van der Waals surface area contributed by atoms with Crippen LogP contribution in [-0.2, 0) is 13.0 Å². The van der Waals surface area contributed by atoms with Crippen LogP contribution in [0.25, 0.3) is 0 Å². The van der Waals surface area contributed by atoms with Crippen LogP contribution in [0.1, 0.15) is 35.1 Å². The summed E-state index contributed by atoms with van der Waals surface area (Å²) in [4.78, 5) is 3.32. The van der Waals surface area contributed by atoms with Gasteiger partial charge in [-0.2, -0.15) is 0 Å². The number of likely N-dealkylation sites (tertiary alicyclic amines) is 1. The third-order valence-electron chi connectivity index (χ3n) is 5.90. The summed E-state index contributed by atoms with van der Waals surface area (Å²) < 4.78 is 5.93. The first kappa shape index (κ1) is 20.6. The van der Waals surface area contributed by atoms with E-state index in [1.165, 1.54) is 36.0 Å². The van der Waals surface area contributed by atoms with Gasteiger partial charge in [0, 0.05) is 18.7 Å². The fraction of sp³-hybridized carbons (Fsp3) is 0.296. The number of thiocarbonyl (C=S) groups is 1. The summed E-state index contributed by atoms with van der Waals surface area (Å²) in [5, 5.41) is 0. The third kappa shape index (κ3) is 5.48. The molecule has 1 aliphatic rings. The molecule has 0 aromatic heterocycles. The number of ether oxygens (including phenoxy) is 1. The fourth-order valence-corrected chi connectivity index (χ4v) is 4.33. The molecule has 0 amide bonds. The molecule has 154 valence electrons. The Bertz CT molecular complexity index is 942. The Kier molecular flexibility index (Phi) is 6.81. The van der Waals surface area contributed by atoms with Gasteiger partial charge < -0.3 is 9.64 Å². The summed E-state index contributed by atoms with van der Waals surface area (Å²) in [6.45, 7) is 4.76.